The van der Waals surface area contributed by atoms with Gasteiger partial charge in [0.25, 0.3) is 0 Å². The molecule has 2 aromatic rings. The predicted octanol–water partition coefficient (Wildman–Crippen LogP) is 1.46. The van der Waals surface area contributed by atoms with Crippen LogP contribution in [0.4, 0.5) is 0 Å². The third-order valence-corrected chi connectivity index (χ3v) is 3.87. The van der Waals surface area contributed by atoms with E-state index >= 15 is 0 Å². The SMILES string of the molecule is CCCC1=NNC(C)(c2cc(Oc3cccnc3)ccc2B(O)O)O1. The number of ether oxygens (including phenoxy) is 2. The van der Waals surface area contributed by atoms with Crippen LogP contribution in [0.5, 0.6) is 11.5 Å². The Morgan fingerprint density at radius 2 is 2.12 bits per heavy atom. The lowest BCUT2D eigenvalue weighted by molar-refractivity contribution is 0.0642. The van der Waals surface area contributed by atoms with Crippen LogP contribution in [0.3, 0.4) is 0 Å². The molecule has 8 heteroatoms. The van der Waals surface area contributed by atoms with Crippen LogP contribution in [0.15, 0.2) is 47.8 Å². The number of pyridine rings is 1. The van der Waals surface area contributed by atoms with Gasteiger partial charge >= 0.3 is 7.12 Å². The fourth-order valence-corrected chi connectivity index (χ4v) is 2.67. The molecule has 1 aliphatic heterocycles. The Morgan fingerprint density at radius 1 is 1.28 bits per heavy atom. The van der Waals surface area contributed by atoms with Gasteiger partial charge < -0.3 is 19.5 Å². The second-order valence-corrected chi connectivity index (χ2v) is 5.92. The van der Waals surface area contributed by atoms with E-state index in [1.165, 1.54) is 0 Å². The second-order valence-electron chi connectivity index (χ2n) is 5.92. The zero-order valence-electron chi connectivity index (χ0n) is 14.1. The fourth-order valence-electron chi connectivity index (χ4n) is 2.67. The monoisotopic (exact) mass is 341 g/mol. The number of benzene rings is 1. The molecule has 1 aromatic carbocycles. The Morgan fingerprint density at radius 3 is 2.80 bits per heavy atom. The van der Waals surface area contributed by atoms with Gasteiger partial charge in [0.2, 0.25) is 11.6 Å². The van der Waals surface area contributed by atoms with Gasteiger partial charge in [0.1, 0.15) is 11.5 Å². The fraction of sp³-hybridized carbons (Fsp3) is 0.294. The Labute approximate surface area is 146 Å². The first-order chi connectivity index (χ1) is 12.0. The van der Waals surface area contributed by atoms with E-state index in [1.54, 1.807) is 49.6 Å². The Bertz CT molecular complexity index is 770. The van der Waals surface area contributed by atoms with E-state index in [0.717, 1.165) is 6.42 Å². The van der Waals surface area contributed by atoms with Crippen molar-refractivity contribution in [1.82, 2.24) is 10.4 Å². The maximum Gasteiger partial charge on any atom is 0.488 e. The van der Waals surface area contributed by atoms with Crippen LogP contribution in [-0.2, 0) is 10.5 Å². The van der Waals surface area contributed by atoms with E-state index in [2.05, 4.69) is 15.5 Å². The normalized spacial score (nSPS) is 19.0. The summed E-state index contributed by atoms with van der Waals surface area (Å²) in [6, 6.07) is 8.53. The molecule has 0 saturated carbocycles. The maximum atomic E-state index is 9.71. The largest absolute Gasteiger partial charge is 0.488 e. The van der Waals surface area contributed by atoms with Gasteiger partial charge in [0, 0.05) is 25.1 Å². The third kappa shape index (κ3) is 3.75. The van der Waals surface area contributed by atoms with Crippen LogP contribution < -0.4 is 15.6 Å². The molecule has 0 amide bonds. The minimum Gasteiger partial charge on any atom is -0.456 e. The van der Waals surface area contributed by atoms with Crippen molar-refractivity contribution in [2.24, 2.45) is 5.10 Å². The van der Waals surface area contributed by atoms with Crippen molar-refractivity contribution >= 4 is 18.5 Å². The summed E-state index contributed by atoms with van der Waals surface area (Å²) in [7, 11) is -1.64. The van der Waals surface area contributed by atoms with Crippen LogP contribution in [0.25, 0.3) is 0 Å². The van der Waals surface area contributed by atoms with Gasteiger partial charge in [-0.25, -0.2) is 0 Å². The molecular formula is C17H20BN3O4. The molecule has 0 spiro atoms. The Hall–Kier alpha value is -2.58. The van der Waals surface area contributed by atoms with Gasteiger partial charge in [-0.15, -0.1) is 5.10 Å². The molecular weight excluding hydrogens is 321 g/mol. The maximum absolute atomic E-state index is 9.71. The number of hydrogen-bond donors (Lipinski definition) is 3. The van der Waals surface area contributed by atoms with Gasteiger partial charge in [0.15, 0.2) is 0 Å². The first-order valence-corrected chi connectivity index (χ1v) is 8.13. The summed E-state index contributed by atoms with van der Waals surface area (Å²) in [5, 5.41) is 23.6. The topological polar surface area (TPSA) is 96.2 Å². The molecule has 2 heterocycles. The van der Waals surface area contributed by atoms with E-state index in [-0.39, 0.29) is 0 Å². The number of hydrogen-bond acceptors (Lipinski definition) is 7. The summed E-state index contributed by atoms with van der Waals surface area (Å²) in [4.78, 5) is 4.01. The number of aromatic nitrogens is 1. The number of nitrogens with zero attached hydrogens (tertiary/aromatic N) is 2. The number of hydrazone groups is 1. The van der Waals surface area contributed by atoms with E-state index in [1.807, 2.05) is 6.92 Å². The van der Waals surface area contributed by atoms with Crippen molar-refractivity contribution in [3.05, 3.63) is 48.3 Å². The van der Waals surface area contributed by atoms with Crippen molar-refractivity contribution < 1.29 is 19.5 Å². The van der Waals surface area contributed by atoms with Crippen molar-refractivity contribution in [3.8, 4) is 11.5 Å². The number of nitrogens with one attached hydrogen (secondary N) is 1. The first kappa shape index (κ1) is 17.3. The average molecular weight is 341 g/mol. The van der Waals surface area contributed by atoms with Crippen molar-refractivity contribution in [1.29, 1.82) is 0 Å². The van der Waals surface area contributed by atoms with E-state index < -0.39 is 12.8 Å². The molecule has 0 saturated heterocycles. The highest BCUT2D eigenvalue weighted by Gasteiger charge is 2.38. The summed E-state index contributed by atoms with van der Waals surface area (Å²) >= 11 is 0. The van der Waals surface area contributed by atoms with Crippen molar-refractivity contribution in [2.45, 2.75) is 32.4 Å². The van der Waals surface area contributed by atoms with Crippen LogP contribution in [0.1, 0.15) is 32.3 Å². The standard InChI is InChI=1S/C17H20BN3O4/c1-3-5-16-20-21-17(2,25-16)14-10-12(7-8-15(14)18(22)23)24-13-6-4-9-19-11-13/h4,6-11,21-23H,3,5H2,1-2H3. The minimum atomic E-state index is -1.64. The van der Waals surface area contributed by atoms with Gasteiger partial charge in [-0.3, -0.25) is 10.4 Å². The molecule has 1 aliphatic rings. The number of rotatable bonds is 6. The zero-order valence-corrected chi connectivity index (χ0v) is 14.1. The zero-order chi connectivity index (χ0) is 17.9. The average Bonchev–Trinajstić information content (AvgIpc) is 2.98. The van der Waals surface area contributed by atoms with Gasteiger partial charge in [-0.2, -0.15) is 0 Å². The summed E-state index contributed by atoms with van der Waals surface area (Å²) in [6.45, 7) is 3.82. The van der Waals surface area contributed by atoms with E-state index in [4.69, 9.17) is 9.47 Å². The van der Waals surface area contributed by atoms with E-state index in [9.17, 15) is 10.0 Å². The quantitative estimate of drug-likeness (QED) is 0.689. The second kappa shape index (κ2) is 7.12. The molecule has 1 atom stereocenters. The smallest absolute Gasteiger partial charge is 0.456 e. The van der Waals surface area contributed by atoms with Crippen LogP contribution in [-0.4, -0.2) is 28.0 Å². The lowest BCUT2D eigenvalue weighted by Gasteiger charge is -2.27. The van der Waals surface area contributed by atoms with Gasteiger partial charge in [-0.1, -0.05) is 13.0 Å². The highest BCUT2D eigenvalue weighted by atomic mass is 16.5. The molecule has 0 aliphatic carbocycles. The Balaban J connectivity index is 1.92. The molecule has 0 bridgehead atoms. The summed E-state index contributed by atoms with van der Waals surface area (Å²) in [5.41, 5.74) is 2.81. The van der Waals surface area contributed by atoms with Crippen LogP contribution in [0.2, 0.25) is 0 Å². The lowest BCUT2D eigenvalue weighted by atomic mass is 9.74. The highest BCUT2D eigenvalue weighted by molar-refractivity contribution is 6.59. The van der Waals surface area contributed by atoms with E-state index in [0.29, 0.717) is 34.8 Å². The Kier molecular flexibility index (Phi) is 4.92. The molecule has 3 rings (SSSR count). The third-order valence-electron chi connectivity index (χ3n) is 3.87. The molecule has 3 N–H and O–H groups in total. The van der Waals surface area contributed by atoms with Gasteiger partial charge in [0.05, 0.1) is 6.20 Å². The molecule has 7 nitrogen and oxygen atoms in total. The highest BCUT2D eigenvalue weighted by Crippen LogP contribution is 2.30. The molecule has 0 fully saturated rings. The van der Waals surface area contributed by atoms with Gasteiger partial charge in [-0.05, 0) is 36.1 Å². The van der Waals surface area contributed by atoms with Crippen molar-refractivity contribution in [2.75, 3.05) is 0 Å². The molecule has 0 radical (unpaired) electrons. The van der Waals surface area contributed by atoms with Crippen LogP contribution in [0, 0.1) is 0 Å². The lowest BCUT2D eigenvalue weighted by Crippen LogP contribution is -2.44. The summed E-state index contributed by atoms with van der Waals surface area (Å²) < 4.78 is 11.7. The molecule has 25 heavy (non-hydrogen) atoms. The molecule has 1 unspecified atom stereocenters. The predicted molar refractivity (Wildman–Crippen MR) is 94.5 cm³/mol. The summed E-state index contributed by atoms with van der Waals surface area (Å²) in [6.07, 6.45) is 4.86. The molecule has 130 valence electrons. The summed E-state index contributed by atoms with van der Waals surface area (Å²) in [5.74, 6) is 1.70. The minimum absolute atomic E-state index is 0.321. The van der Waals surface area contributed by atoms with Crippen LogP contribution >= 0.6 is 0 Å². The molecule has 1 aromatic heterocycles. The van der Waals surface area contributed by atoms with Crippen molar-refractivity contribution in [3.63, 3.8) is 0 Å². The first-order valence-electron chi connectivity index (χ1n) is 8.13.